The van der Waals surface area contributed by atoms with E-state index in [1.807, 2.05) is 72.8 Å². The molecule has 7 rings (SSSR count). The van der Waals surface area contributed by atoms with E-state index in [-0.39, 0.29) is 34.2 Å². The maximum atomic E-state index is 13.3. The number of methoxy groups -OCH3 is 1. The number of carboxylic acids is 1. The number of amides is 1. The lowest BCUT2D eigenvalue weighted by Gasteiger charge is -2.43. The Balaban J connectivity index is 0.844. The zero-order chi connectivity index (χ0) is 64.8. The predicted octanol–water partition coefficient (Wildman–Crippen LogP) is 17.6. The van der Waals surface area contributed by atoms with Crippen LogP contribution in [0.3, 0.4) is 0 Å². The van der Waals surface area contributed by atoms with Gasteiger partial charge in [-0.3, -0.25) is 0 Å². The van der Waals surface area contributed by atoms with Crippen molar-refractivity contribution in [2.24, 2.45) is 0 Å². The number of alkyl halides is 1. The van der Waals surface area contributed by atoms with Crippen LogP contribution in [0.15, 0.2) is 188 Å². The molecule has 1 amide bonds. The van der Waals surface area contributed by atoms with Gasteiger partial charge in [0.1, 0.15) is 12.4 Å². The molecule has 0 fully saturated rings. The van der Waals surface area contributed by atoms with E-state index in [1.54, 1.807) is 0 Å². The van der Waals surface area contributed by atoms with Crippen molar-refractivity contribution in [1.82, 2.24) is 5.32 Å². The second-order valence-electron chi connectivity index (χ2n) is 26.6. The topological polar surface area (TPSA) is 122 Å². The standard InChI is InChI=1S/C78H104BrNO9Si2/c1-77(2,3)90(67-46-29-20-30-47-67,68-48-31-21-32-49-68)87-59-64(79)43-26-15-14-17-28-45-66(89-73-71-54-38-37-42-63(71)55-56-72(73)74(84-7)75(81)82)44-27-16-12-10-8-9-11-13-18-39-57-85-60-65(80-76(83)86-58-62-40-24-19-25-41-62)61-88-91(78(4,5)6,69-50-33-22-34-51-69)70-52-35-23-36-53-70/h19-25,29-38,40-42,46-56,64-66,74H,8-18,26-28,39,43-45,57-61H2,1-7H3,(H,80,83)(H,81,82)/t64-,65-,66-,74+/m1/s1. The number of carboxylic acid groups (broad SMARTS) is 1. The third kappa shape index (κ3) is 21.6. The first-order valence-corrected chi connectivity index (χ1v) is 38.4. The van der Waals surface area contributed by atoms with Crippen LogP contribution in [-0.4, -0.2) is 84.3 Å². The number of rotatable bonds is 41. The number of halogens is 1. The minimum atomic E-state index is -2.86. The van der Waals surface area contributed by atoms with Gasteiger partial charge in [0.2, 0.25) is 0 Å². The molecule has 10 nitrogen and oxygen atoms in total. The van der Waals surface area contributed by atoms with Crippen LogP contribution < -0.4 is 30.8 Å². The van der Waals surface area contributed by atoms with Crippen molar-refractivity contribution in [3.8, 4) is 5.75 Å². The van der Waals surface area contributed by atoms with Gasteiger partial charge in [-0.2, -0.15) is 0 Å². The Kier molecular flexibility index (Phi) is 30.0. The van der Waals surface area contributed by atoms with Crippen molar-refractivity contribution in [2.45, 2.75) is 197 Å². The summed E-state index contributed by atoms with van der Waals surface area (Å²) in [5.74, 6) is -0.404. The SMILES string of the molecule is CO[C@H](C(=O)O)c1ccc2ccccc2c1O[C@H](CCCCCCCCCCCCOC[C@H](CO[Si](c1ccccc1)(c1ccccc1)C(C)(C)C)NC(=O)OCc1ccccc1)CCCCCCC[C@@H](Br)CO[Si](c1ccccc1)(c1ccccc1)C(C)(C)C. The molecule has 4 atom stereocenters. The molecule has 7 aromatic carbocycles. The number of ether oxygens (including phenoxy) is 4. The van der Waals surface area contributed by atoms with Gasteiger partial charge in [-0.1, -0.05) is 323 Å². The van der Waals surface area contributed by atoms with E-state index in [9.17, 15) is 14.7 Å². The van der Waals surface area contributed by atoms with Gasteiger partial charge in [-0.15, -0.1) is 0 Å². The summed E-state index contributed by atoms with van der Waals surface area (Å²) in [4.78, 5) is 26.1. The quantitative estimate of drug-likeness (QED) is 0.0219. The molecule has 0 unspecified atom stereocenters. The zero-order valence-electron chi connectivity index (χ0n) is 55.6. The molecular weight excluding hydrogens is 1230 g/mol. The normalized spacial score (nSPS) is 13.5. The minimum absolute atomic E-state index is 0.0452. The molecule has 0 aliphatic rings. The Bertz CT molecular complexity index is 3090. The predicted molar refractivity (Wildman–Crippen MR) is 383 cm³/mol. The zero-order valence-corrected chi connectivity index (χ0v) is 59.1. The molecule has 13 heteroatoms. The van der Waals surface area contributed by atoms with Gasteiger partial charge in [0.15, 0.2) is 6.10 Å². The fourth-order valence-electron chi connectivity index (χ4n) is 13.0. The van der Waals surface area contributed by atoms with Gasteiger partial charge in [0.25, 0.3) is 16.6 Å². The second kappa shape index (κ2) is 37.7. The van der Waals surface area contributed by atoms with Crippen molar-refractivity contribution >= 4 is 76.1 Å². The average Bonchev–Trinajstić information content (AvgIpc) is 0.785. The maximum Gasteiger partial charge on any atom is 0.407 e. The molecule has 0 bridgehead atoms. The Morgan fingerprint density at radius 1 is 0.495 bits per heavy atom. The molecule has 0 spiro atoms. The molecular formula is C78H104BrNO9Si2. The lowest BCUT2D eigenvalue weighted by atomic mass is 9.99. The highest BCUT2D eigenvalue weighted by Gasteiger charge is 2.51. The van der Waals surface area contributed by atoms with Crippen molar-refractivity contribution in [3.63, 3.8) is 0 Å². The Morgan fingerprint density at radius 2 is 0.912 bits per heavy atom. The van der Waals surface area contributed by atoms with Gasteiger partial charge in [0.05, 0.1) is 25.4 Å². The van der Waals surface area contributed by atoms with E-state index >= 15 is 0 Å². The van der Waals surface area contributed by atoms with Crippen molar-refractivity contribution in [2.75, 3.05) is 33.5 Å². The largest absolute Gasteiger partial charge is 0.489 e. The molecule has 0 saturated heterocycles. The molecule has 0 saturated carbocycles. The van der Waals surface area contributed by atoms with Crippen LogP contribution in [0.1, 0.15) is 174 Å². The summed E-state index contributed by atoms with van der Waals surface area (Å²) in [5, 5.41) is 20.0. The van der Waals surface area contributed by atoms with Crippen LogP contribution in [-0.2, 0) is 34.5 Å². The first-order chi connectivity index (χ1) is 44.1. The van der Waals surface area contributed by atoms with E-state index in [1.165, 1.54) is 60.0 Å². The van der Waals surface area contributed by atoms with Gasteiger partial charge < -0.3 is 38.2 Å². The third-order valence-corrected chi connectivity index (χ3v) is 28.4. The number of carbonyl (C=O) groups excluding carboxylic acids is 1. The van der Waals surface area contributed by atoms with Gasteiger partial charge in [-0.25, -0.2) is 9.59 Å². The summed E-state index contributed by atoms with van der Waals surface area (Å²) >= 11 is 4.04. The first kappa shape index (κ1) is 72.5. The molecule has 0 aliphatic carbocycles. The van der Waals surface area contributed by atoms with Crippen molar-refractivity contribution < 1.29 is 42.5 Å². The van der Waals surface area contributed by atoms with Gasteiger partial charge in [-0.05, 0) is 80.3 Å². The van der Waals surface area contributed by atoms with Crippen LogP contribution in [0.4, 0.5) is 4.79 Å². The van der Waals surface area contributed by atoms with Crippen LogP contribution in [0.25, 0.3) is 10.8 Å². The van der Waals surface area contributed by atoms with E-state index in [0.29, 0.717) is 31.1 Å². The molecule has 7 aromatic rings. The second-order valence-corrected chi connectivity index (χ2v) is 36.5. The number of carbonyl (C=O) groups is 2. The van der Waals surface area contributed by atoms with Crippen molar-refractivity contribution in [3.05, 3.63) is 199 Å². The minimum Gasteiger partial charge on any atom is -0.489 e. The number of nitrogens with one attached hydrogen (secondary N) is 1. The summed E-state index contributed by atoms with van der Waals surface area (Å²) < 4.78 is 39.1. The fourth-order valence-corrected chi connectivity index (χ4v) is 22.9. The highest BCUT2D eigenvalue weighted by atomic mass is 79.9. The highest BCUT2D eigenvalue weighted by molar-refractivity contribution is 9.09. The Morgan fingerprint density at radius 3 is 1.37 bits per heavy atom. The number of hydrogen-bond donors (Lipinski definition) is 2. The molecule has 490 valence electrons. The van der Waals surface area contributed by atoms with Crippen LogP contribution >= 0.6 is 15.9 Å². The number of benzene rings is 7. The summed E-state index contributed by atoms with van der Waals surface area (Å²) in [6.45, 7) is 15.8. The smallest absolute Gasteiger partial charge is 0.407 e. The fraction of sp³-hybridized carbons (Fsp3) is 0.462. The lowest BCUT2D eigenvalue weighted by Crippen LogP contribution is -2.67. The number of alkyl carbamates (subject to hydrolysis) is 1. The third-order valence-electron chi connectivity index (χ3n) is 17.7. The van der Waals surface area contributed by atoms with E-state index in [0.717, 1.165) is 99.8 Å². The monoisotopic (exact) mass is 1330 g/mol. The van der Waals surface area contributed by atoms with Gasteiger partial charge >= 0.3 is 12.1 Å². The van der Waals surface area contributed by atoms with Crippen molar-refractivity contribution in [1.29, 1.82) is 0 Å². The maximum absolute atomic E-state index is 13.3. The van der Waals surface area contributed by atoms with E-state index in [4.69, 9.17) is 27.8 Å². The summed E-state index contributed by atoms with van der Waals surface area (Å²) in [5.41, 5.74) is 1.48. The molecule has 0 aliphatic heterocycles. The van der Waals surface area contributed by atoms with E-state index < -0.39 is 40.8 Å². The van der Waals surface area contributed by atoms with Gasteiger partial charge in [0, 0.05) is 36.1 Å². The van der Waals surface area contributed by atoms with Crippen LogP contribution in [0, 0.1) is 0 Å². The number of hydrogen-bond acceptors (Lipinski definition) is 8. The molecule has 0 aromatic heterocycles. The molecule has 91 heavy (non-hydrogen) atoms. The molecule has 2 N–H and O–H groups in total. The van der Waals surface area contributed by atoms with Crippen LogP contribution in [0.5, 0.6) is 5.75 Å². The number of unbranched alkanes of at least 4 members (excludes halogenated alkanes) is 13. The summed E-state index contributed by atoms with van der Waals surface area (Å²) in [6.07, 6.45) is 18.2. The van der Waals surface area contributed by atoms with Crippen LogP contribution in [0.2, 0.25) is 10.1 Å². The molecule has 0 heterocycles. The Hall–Kier alpha value is -5.91. The van der Waals surface area contributed by atoms with E-state index in [2.05, 4.69) is 178 Å². The average molecular weight is 1340 g/mol. The number of aliphatic carboxylic acids is 1. The summed E-state index contributed by atoms with van der Waals surface area (Å²) in [6, 6.07) is 64.1. The Labute approximate surface area is 555 Å². The number of fused-ring (bicyclic) bond motifs is 1. The highest BCUT2D eigenvalue weighted by Crippen LogP contribution is 2.40. The molecule has 0 radical (unpaired) electrons. The lowest BCUT2D eigenvalue weighted by molar-refractivity contribution is -0.149. The summed E-state index contributed by atoms with van der Waals surface area (Å²) in [7, 11) is -4.01. The first-order valence-electron chi connectivity index (χ1n) is 33.7.